The van der Waals surface area contributed by atoms with Crippen molar-refractivity contribution in [2.75, 3.05) is 7.11 Å². The van der Waals surface area contributed by atoms with E-state index in [0.29, 0.717) is 0 Å². The van der Waals surface area contributed by atoms with E-state index < -0.39 is 6.16 Å². The van der Waals surface area contributed by atoms with E-state index in [4.69, 9.17) is 11.6 Å². The van der Waals surface area contributed by atoms with E-state index in [2.05, 4.69) is 19.4 Å². The molecule has 0 radical (unpaired) electrons. The summed E-state index contributed by atoms with van der Waals surface area (Å²) in [4.78, 5) is 17.7. The summed E-state index contributed by atoms with van der Waals surface area (Å²) in [6.07, 6.45) is 0.526. The Bertz CT molecular complexity index is 292. The van der Waals surface area contributed by atoms with E-state index in [1.54, 1.807) is 0 Å². The highest BCUT2D eigenvalue weighted by molar-refractivity contribution is 6.28. The minimum Gasteiger partial charge on any atom is -0.437 e. The normalized spacial score (nSPS) is 9.17. The molecule has 1 heterocycles. The Kier molecular flexibility index (Phi) is 2.82. The van der Waals surface area contributed by atoms with Crippen molar-refractivity contribution in [1.29, 1.82) is 0 Å². The average molecular weight is 189 g/mol. The molecule has 0 amide bonds. The minimum absolute atomic E-state index is 0.0106. The van der Waals surface area contributed by atoms with Crippen molar-refractivity contribution >= 4 is 17.8 Å². The zero-order valence-electron chi connectivity index (χ0n) is 6.15. The van der Waals surface area contributed by atoms with Crippen LogP contribution >= 0.6 is 11.6 Å². The van der Waals surface area contributed by atoms with E-state index in [1.165, 1.54) is 19.4 Å². The molecule has 0 atom stereocenters. The molecule has 0 bridgehead atoms. The quantitative estimate of drug-likeness (QED) is 0.491. The van der Waals surface area contributed by atoms with Crippen molar-refractivity contribution in [2.45, 2.75) is 0 Å². The van der Waals surface area contributed by atoms with Crippen LogP contribution in [0.5, 0.6) is 5.88 Å². The van der Waals surface area contributed by atoms with Crippen molar-refractivity contribution in [1.82, 2.24) is 9.97 Å². The van der Waals surface area contributed by atoms with Crippen LogP contribution in [0.2, 0.25) is 5.28 Å². The number of halogens is 1. The molecule has 1 aromatic heterocycles. The molecule has 0 aliphatic heterocycles. The second-order valence-corrected chi connectivity index (χ2v) is 2.06. The molecule has 5 nitrogen and oxygen atoms in total. The zero-order valence-corrected chi connectivity index (χ0v) is 6.91. The molecular weight excluding hydrogens is 184 g/mol. The summed E-state index contributed by atoms with van der Waals surface area (Å²) < 4.78 is 8.78. The lowest BCUT2D eigenvalue weighted by Crippen LogP contribution is -2.08. The molecule has 0 N–H and O–H groups in total. The van der Waals surface area contributed by atoms with E-state index in [9.17, 15) is 4.79 Å². The third-order valence-electron chi connectivity index (χ3n) is 0.955. The molecule has 1 rings (SSSR count). The van der Waals surface area contributed by atoms with E-state index >= 15 is 0 Å². The van der Waals surface area contributed by atoms with Crippen LogP contribution in [-0.2, 0) is 4.74 Å². The standard InChI is InChI=1S/C6H5ClN2O3/c1-11-6(10)12-4-2-3-8-5(7)9-4/h2-3H,1H3. The molecule has 1 aromatic rings. The molecule has 0 spiro atoms. The SMILES string of the molecule is COC(=O)Oc1ccnc(Cl)n1. The number of nitrogens with zero attached hydrogens (tertiary/aromatic N) is 2. The lowest BCUT2D eigenvalue weighted by Gasteiger charge is -1.99. The number of rotatable bonds is 1. The Labute approximate surface area is 73.3 Å². The number of hydrogen-bond donors (Lipinski definition) is 0. The highest BCUT2D eigenvalue weighted by atomic mass is 35.5. The van der Waals surface area contributed by atoms with Gasteiger partial charge in [-0.15, -0.1) is 0 Å². The Morgan fingerprint density at radius 2 is 2.42 bits per heavy atom. The summed E-state index contributed by atoms with van der Waals surface area (Å²) in [5, 5.41) is 0.0106. The van der Waals surface area contributed by atoms with Gasteiger partial charge in [0.05, 0.1) is 7.11 Å². The minimum atomic E-state index is -0.843. The molecule has 0 saturated carbocycles. The fraction of sp³-hybridized carbons (Fsp3) is 0.167. The van der Waals surface area contributed by atoms with Gasteiger partial charge in [0.1, 0.15) is 0 Å². The molecule has 0 aliphatic carbocycles. The van der Waals surface area contributed by atoms with Crippen molar-refractivity contribution < 1.29 is 14.3 Å². The number of methoxy groups -OCH3 is 1. The number of carbonyl (C=O) groups is 1. The first kappa shape index (κ1) is 8.73. The molecule has 6 heteroatoms. The van der Waals surface area contributed by atoms with Gasteiger partial charge < -0.3 is 9.47 Å². The number of aromatic nitrogens is 2. The van der Waals surface area contributed by atoms with Crippen LogP contribution < -0.4 is 4.74 Å². The Balaban J connectivity index is 2.69. The second kappa shape index (κ2) is 3.87. The summed E-state index contributed by atoms with van der Waals surface area (Å²) in [5.41, 5.74) is 0. The molecule has 0 aromatic carbocycles. The van der Waals surface area contributed by atoms with Crippen LogP contribution in [0.3, 0.4) is 0 Å². The van der Waals surface area contributed by atoms with Crippen molar-refractivity contribution in [3.63, 3.8) is 0 Å². The first-order chi connectivity index (χ1) is 5.72. The predicted molar refractivity (Wildman–Crippen MR) is 40.1 cm³/mol. The smallest absolute Gasteiger partial charge is 0.437 e. The summed E-state index contributed by atoms with van der Waals surface area (Å²) in [7, 11) is 1.20. The second-order valence-electron chi connectivity index (χ2n) is 1.72. The number of hydrogen-bond acceptors (Lipinski definition) is 5. The van der Waals surface area contributed by atoms with Gasteiger partial charge in [-0.1, -0.05) is 0 Å². The molecule has 12 heavy (non-hydrogen) atoms. The predicted octanol–water partition coefficient (Wildman–Crippen LogP) is 1.28. The van der Waals surface area contributed by atoms with Crippen LogP contribution in [0.4, 0.5) is 4.79 Å². The van der Waals surface area contributed by atoms with Crippen LogP contribution in [-0.4, -0.2) is 23.2 Å². The van der Waals surface area contributed by atoms with Gasteiger partial charge in [-0.25, -0.2) is 9.78 Å². The molecule has 0 aliphatic rings. The van der Waals surface area contributed by atoms with Gasteiger partial charge in [0.15, 0.2) is 0 Å². The van der Waals surface area contributed by atoms with Gasteiger partial charge in [0.2, 0.25) is 11.2 Å². The Hall–Kier alpha value is -1.36. The average Bonchev–Trinajstić information content (AvgIpc) is 2.04. The lowest BCUT2D eigenvalue weighted by atomic mass is 10.6. The Morgan fingerprint density at radius 3 is 3.00 bits per heavy atom. The molecule has 0 fully saturated rings. The summed E-state index contributed by atoms with van der Waals surface area (Å²) in [6.45, 7) is 0. The molecule has 0 saturated heterocycles. The van der Waals surface area contributed by atoms with Crippen molar-refractivity contribution in [2.24, 2.45) is 0 Å². The third-order valence-corrected chi connectivity index (χ3v) is 1.14. The van der Waals surface area contributed by atoms with Gasteiger partial charge in [0, 0.05) is 12.3 Å². The monoisotopic (exact) mass is 188 g/mol. The fourth-order valence-corrected chi connectivity index (χ4v) is 0.643. The highest BCUT2D eigenvalue weighted by Crippen LogP contribution is 2.08. The van der Waals surface area contributed by atoms with Crippen LogP contribution in [0.25, 0.3) is 0 Å². The largest absolute Gasteiger partial charge is 0.514 e. The van der Waals surface area contributed by atoms with Crippen molar-refractivity contribution in [3.8, 4) is 5.88 Å². The number of carbonyl (C=O) groups excluding carboxylic acids is 1. The number of ether oxygens (including phenoxy) is 2. The van der Waals surface area contributed by atoms with Gasteiger partial charge in [-0.05, 0) is 11.6 Å². The topological polar surface area (TPSA) is 61.3 Å². The summed E-state index contributed by atoms with van der Waals surface area (Å²) in [5.74, 6) is 0.0573. The zero-order chi connectivity index (χ0) is 8.97. The van der Waals surface area contributed by atoms with Crippen LogP contribution in [0, 0.1) is 0 Å². The maximum Gasteiger partial charge on any atom is 0.514 e. The third kappa shape index (κ3) is 2.35. The van der Waals surface area contributed by atoms with Gasteiger partial charge in [-0.2, -0.15) is 4.98 Å². The van der Waals surface area contributed by atoms with E-state index in [0.717, 1.165) is 0 Å². The summed E-state index contributed by atoms with van der Waals surface area (Å²) >= 11 is 5.42. The van der Waals surface area contributed by atoms with E-state index in [-0.39, 0.29) is 11.2 Å². The molecule has 64 valence electrons. The lowest BCUT2D eigenvalue weighted by molar-refractivity contribution is 0.119. The van der Waals surface area contributed by atoms with Gasteiger partial charge in [0.25, 0.3) is 0 Å². The van der Waals surface area contributed by atoms with Crippen molar-refractivity contribution in [3.05, 3.63) is 17.5 Å². The first-order valence-electron chi connectivity index (χ1n) is 2.96. The van der Waals surface area contributed by atoms with Gasteiger partial charge >= 0.3 is 6.16 Å². The molecule has 0 unspecified atom stereocenters. The highest BCUT2D eigenvalue weighted by Gasteiger charge is 2.04. The first-order valence-corrected chi connectivity index (χ1v) is 3.34. The van der Waals surface area contributed by atoms with Crippen LogP contribution in [0.15, 0.2) is 12.3 Å². The maximum absolute atomic E-state index is 10.5. The fourth-order valence-electron chi connectivity index (χ4n) is 0.503. The van der Waals surface area contributed by atoms with Gasteiger partial charge in [-0.3, -0.25) is 0 Å². The molecular formula is C6H5ClN2O3. The Morgan fingerprint density at radius 1 is 1.67 bits per heavy atom. The van der Waals surface area contributed by atoms with E-state index in [1.807, 2.05) is 0 Å². The maximum atomic E-state index is 10.5. The van der Waals surface area contributed by atoms with Crippen LogP contribution in [0.1, 0.15) is 0 Å². The summed E-state index contributed by atoms with van der Waals surface area (Å²) in [6, 6.07) is 1.39.